The number of aromatic nitrogens is 1. The Kier molecular flexibility index (Phi) is 6.21. The third-order valence-corrected chi connectivity index (χ3v) is 4.74. The average Bonchev–Trinajstić information content (AvgIpc) is 3.03. The summed E-state index contributed by atoms with van der Waals surface area (Å²) in [6.07, 6.45) is 1.33. The third-order valence-electron chi connectivity index (χ3n) is 4.14. The molecule has 146 valence electrons. The number of carboxylic acid groups (broad SMARTS) is 1. The van der Waals surface area contributed by atoms with Crippen molar-refractivity contribution >= 4 is 29.2 Å². The van der Waals surface area contributed by atoms with E-state index in [4.69, 9.17) is 33.0 Å². The molecule has 3 rings (SSSR count). The first-order valence-corrected chi connectivity index (χ1v) is 9.05. The molecule has 4 nitrogen and oxygen atoms in total. The number of aryl methyl sites for hydroxylation is 1. The Bertz CT molecular complexity index is 1000. The molecule has 2 aromatic carbocycles. The van der Waals surface area contributed by atoms with Gasteiger partial charge < -0.3 is 14.4 Å². The lowest BCUT2D eigenvalue weighted by Crippen LogP contribution is -2.07. The van der Waals surface area contributed by atoms with Crippen LogP contribution in [-0.2, 0) is 17.8 Å². The number of benzene rings is 2. The van der Waals surface area contributed by atoms with Gasteiger partial charge in [-0.05, 0) is 48.4 Å². The standard InChI is InChI=1S/C20H15Cl2F2NO3/c21-13-3-5-14(6-4-13)25-10-9-15(22)16(25)11-28-17-7-1-12(2-8-18(26)27)19(23)20(17)24/h1,3-7,9-10H,2,8,11H2,(H,26,27). The van der Waals surface area contributed by atoms with E-state index < -0.39 is 17.6 Å². The highest BCUT2D eigenvalue weighted by atomic mass is 35.5. The third kappa shape index (κ3) is 4.46. The molecule has 0 aliphatic carbocycles. The normalized spacial score (nSPS) is 10.9. The zero-order valence-corrected chi connectivity index (χ0v) is 16.0. The van der Waals surface area contributed by atoms with Gasteiger partial charge in [0.15, 0.2) is 11.6 Å². The fraction of sp³-hybridized carbons (Fsp3) is 0.150. The molecule has 1 heterocycles. The summed E-state index contributed by atoms with van der Waals surface area (Å²) >= 11 is 12.1. The monoisotopic (exact) mass is 425 g/mol. The van der Waals surface area contributed by atoms with Gasteiger partial charge in [0.05, 0.1) is 10.7 Å². The number of carboxylic acids is 1. The minimum atomic E-state index is -1.16. The molecule has 0 atom stereocenters. The van der Waals surface area contributed by atoms with E-state index in [0.717, 1.165) is 5.69 Å². The Labute approximate surface area is 169 Å². The van der Waals surface area contributed by atoms with E-state index in [-0.39, 0.29) is 30.8 Å². The van der Waals surface area contributed by atoms with E-state index in [1.165, 1.54) is 12.1 Å². The molecule has 1 N–H and O–H groups in total. The van der Waals surface area contributed by atoms with Gasteiger partial charge in [-0.3, -0.25) is 4.79 Å². The van der Waals surface area contributed by atoms with Crippen LogP contribution in [-0.4, -0.2) is 15.6 Å². The van der Waals surface area contributed by atoms with E-state index in [2.05, 4.69) is 0 Å². The molecule has 28 heavy (non-hydrogen) atoms. The predicted molar refractivity (Wildman–Crippen MR) is 102 cm³/mol. The molecule has 3 aromatic rings. The van der Waals surface area contributed by atoms with Crippen LogP contribution in [0.25, 0.3) is 5.69 Å². The van der Waals surface area contributed by atoms with Gasteiger partial charge in [-0.15, -0.1) is 0 Å². The van der Waals surface area contributed by atoms with E-state index >= 15 is 0 Å². The van der Waals surface area contributed by atoms with Crippen LogP contribution in [0.1, 0.15) is 17.7 Å². The molecule has 0 fully saturated rings. The summed E-state index contributed by atoms with van der Waals surface area (Å²) in [6, 6.07) is 11.3. The smallest absolute Gasteiger partial charge is 0.303 e. The molecule has 1 aromatic heterocycles. The van der Waals surface area contributed by atoms with Gasteiger partial charge in [-0.2, -0.15) is 4.39 Å². The van der Waals surface area contributed by atoms with Gasteiger partial charge in [0, 0.05) is 23.3 Å². The maximum atomic E-state index is 14.3. The van der Waals surface area contributed by atoms with Crippen LogP contribution >= 0.6 is 23.2 Å². The molecular weight excluding hydrogens is 411 g/mol. The highest BCUT2D eigenvalue weighted by molar-refractivity contribution is 6.31. The van der Waals surface area contributed by atoms with Crippen LogP contribution in [0.2, 0.25) is 10.0 Å². The number of ether oxygens (including phenoxy) is 1. The molecular formula is C20H15Cl2F2NO3. The largest absolute Gasteiger partial charge is 0.484 e. The molecule has 8 heteroatoms. The molecule has 0 unspecified atom stereocenters. The van der Waals surface area contributed by atoms with Gasteiger partial charge in [-0.25, -0.2) is 4.39 Å². The van der Waals surface area contributed by atoms with Crippen LogP contribution in [0.5, 0.6) is 5.75 Å². The first kappa shape index (κ1) is 20.2. The summed E-state index contributed by atoms with van der Waals surface area (Å²) < 4.78 is 35.6. The van der Waals surface area contributed by atoms with Crippen molar-refractivity contribution in [3.8, 4) is 11.4 Å². The molecule has 0 spiro atoms. The van der Waals surface area contributed by atoms with Crippen molar-refractivity contribution in [1.29, 1.82) is 0 Å². The number of carbonyl (C=O) groups is 1. The van der Waals surface area contributed by atoms with Crippen LogP contribution < -0.4 is 4.74 Å². The second kappa shape index (κ2) is 8.63. The fourth-order valence-corrected chi connectivity index (χ4v) is 3.02. The van der Waals surface area contributed by atoms with Crippen molar-refractivity contribution in [2.24, 2.45) is 0 Å². The maximum Gasteiger partial charge on any atom is 0.303 e. The zero-order chi connectivity index (χ0) is 20.3. The van der Waals surface area contributed by atoms with Gasteiger partial charge in [0.1, 0.15) is 6.61 Å². The number of hydrogen-bond acceptors (Lipinski definition) is 2. The molecule has 0 aliphatic heterocycles. The van der Waals surface area contributed by atoms with Crippen molar-refractivity contribution in [2.75, 3.05) is 0 Å². The highest BCUT2D eigenvalue weighted by Crippen LogP contribution is 2.27. The Balaban J connectivity index is 1.79. The molecule has 0 aliphatic rings. The summed E-state index contributed by atoms with van der Waals surface area (Å²) in [5, 5.41) is 9.67. The second-order valence-electron chi connectivity index (χ2n) is 5.99. The summed E-state index contributed by atoms with van der Waals surface area (Å²) in [7, 11) is 0. The van der Waals surface area contributed by atoms with Crippen molar-refractivity contribution in [3.05, 3.63) is 81.6 Å². The van der Waals surface area contributed by atoms with E-state index in [1.54, 1.807) is 41.1 Å². The van der Waals surface area contributed by atoms with Crippen LogP contribution in [0.4, 0.5) is 8.78 Å². The summed E-state index contributed by atoms with van der Waals surface area (Å²) in [5.74, 6) is -3.64. The number of halogens is 4. The lowest BCUT2D eigenvalue weighted by molar-refractivity contribution is -0.136. The SMILES string of the molecule is O=C(O)CCc1ccc(OCc2c(Cl)ccn2-c2ccc(Cl)cc2)c(F)c1F. The average molecular weight is 426 g/mol. The fourth-order valence-electron chi connectivity index (χ4n) is 2.69. The van der Waals surface area contributed by atoms with Crippen molar-refractivity contribution in [1.82, 2.24) is 4.57 Å². The quantitative estimate of drug-likeness (QED) is 0.531. The Morgan fingerprint density at radius 2 is 1.75 bits per heavy atom. The Morgan fingerprint density at radius 3 is 2.43 bits per heavy atom. The first-order chi connectivity index (χ1) is 13.4. The van der Waals surface area contributed by atoms with E-state index in [0.29, 0.717) is 15.7 Å². The van der Waals surface area contributed by atoms with Crippen molar-refractivity contribution < 1.29 is 23.4 Å². The highest BCUT2D eigenvalue weighted by Gasteiger charge is 2.17. The Hall–Kier alpha value is -2.57. The van der Waals surface area contributed by atoms with Crippen molar-refractivity contribution in [2.45, 2.75) is 19.4 Å². The number of rotatable bonds is 7. The van der Waals surface area contributed by atoms with Crippen LogP contribution in [0.3, 0.4) is 0 Å². The molecule has 0 amide bonds. The zero-order valence-electron chi connectivity index (χ0n) is 14.5. The molecule has 0 saturated heterocycles. The topological polar surface area (TPSA) is 51.5 Å². The maximum absolute atomic E-state index is 14.3. The minimum absolute atomic E-state index is 0.0187. The summed E-state index contributed by atoms with van der Waals surface area (Å²) in [4.78, 5) is 10.6. The lowest BCUT2D eigenvalue weighted by Gasteiger charge is -2.13. The van der Waals surface area contributed by atoms with Gasteiger partial charge in [0.25, 0.3) is 0 Å². The van der Waals surface area contributed by atoms with Gasteiger partial charge >= 0.3 is 5.97 Å². The van der Waals surface area contributed by atoms with Crippen molar-refractivity contribution in [3.63, 3.8) is 0 Å². The predicted octanol–water partition coefficient (Wildman–Crippen LogP) is 5.66. The Morgan fingerprint density at radius 1 is 1.04 bits per heavy atom. The lowest BCUT2D eigenvalue weighted by atomic mass is 10.1. The van der Waals surface area contributed by atoms with E-state index in [9.17, 15) is 13.6 Å². The van der Waals surface area contributed by atoms with E-state index in [1.807, 2.05) is 0 Å². The minimum Gasteiger partial charge on any atom is -0.484 e. The molecule has 0 saturated carbocycles. The first-order valence-electron chi connectivity index (χ1n) is 8.30. The van der Waals surface area contributed by atoms with Crippen LogP contribution in [0.15, 0.2) is 48.7 Å². The number of nitrogens with zero attached hydrogens (tertiary/aromatic N) is 1. The number of aliphatic carboxylic acids is 1. The van der Waals surface area contributed by atoms with Gasteiger partial charge in [-0.1, -0.05) is 29.3 Å². The number of hydrogen-bond donors (Lipinski definition) is 1. The molecule has 0 radical (unpaired) electrons. The second-order valence-corrected chi connectivity index (χ2v) is 6.83. The summed E-state index contributed by atoms with van der Waals surface area (Å²) in [5.41, 5.74) is 1.32. The van der Waals surface area contributed by atoms with Crippen LogP contribution in [0, 0.1) is 11.6 Å². The van der Waals surface area contributed by atoms with Gasteiger partial charge in [0.2, 0.25) is 5.82 Å². The summed E-state index contributed by atoms with van der Waals surface area (Å²) in [6.45, 7) is -0.0979. The molecule has 0 bridgehead atoms.